The Labute approximate surface area is 156 Å². The van der Waals surface area contributed by atoms with Crippen LogP contribution < -0.4 is 10.1 Å². The molecular formula is C16H14Br2ClNO3. The lowest BCUT2D eigenvalue weighted by Gasteiger charge is -2.11. The maximum Gasteiger partial charge on any atom is 0.262 e. The average Bonchev–Trinajstić information content (AvgIpc) is 2.48. The number of anilines is 1. The summed E-state index contributed by atoms with van der Waals surface area (Å²) in [5.74, 6) is 0.360. The van der Waals surface area contributed by atoms with Crippen LogP contribution >= 0.6 is 43.5 Å². The van der Waals surface area contributed by atoms with Crippen LogP contribution in [0.25, 0.3) is 0 Å². The van der Waals surface area contributed by atoms with Gasteiger partial charge in [0.2, 0.25) is 0 Å². The van der Waals surface area contributed by atoms with Crippen LogP contribution in [0.2, 0.25) is 5.02 Å². The summed E-state index contributed by atoms with van der Waals surface area (Å²) in [5.41, 5.74) is 2.33. The van der Waals surface area contributed by atoms with E-state index in [0.717, 1.165) is 11.1 Å². The van der Waals surface area contributed by atoms with Gasteiger partial charge in [-0.25, -0.2) is 0 Å². The smallest absolute Gasteiger partial charge is 0.262 e. The summed E-state index contributed by atoms with van der Waals surface area (Å²) in [5, 5.41) is 13.0. The molecule has 122 valence electrons. The van der Waals surface area contributed by atoms with Gasteiger partial charge in [-0.2, -0.15) is 0 Å². The van der Waals surface area contributed by atoms with Gasteiger partial charge in [0, 0.05) is 10.7 Å². The number of rotatable bonds is 4. The third-order valence-corrected chi connectivity index (χ3v) is 4.89. The number of aryl methyl sites for hydroxylation is 2. The van der Waals surface area contributed by atoms with E-state index >= 15 is 0 Å². The Hall–Kier alpha value is -1.24. The van der Waals surface area contributed by atoms with Crippen molar-refractivity contribution in [3.05, 3.63) is 49.4 Å². The Bertz CT molecular complexity index is 719. The third kappa shape index (κ3) is 4.62. The molecule has 0 atom stereocenters. The van der Waals surface area contributed by atoms with Crippen molar-refractivity contribution in [1.82, 2.24) is 0 Å². The number of phenols is 1. The van der Waals surface area contributed by atoms with Crippen LogP contribution in [0.15, 0.2) is 33.2 Å². The van der Waals surface area contributed by atoms with Crippen LogP contribution in [0.1, 0.15) is 11.1 Å². The number of benzene rings is 2. The van der Waals surface area contributed by atoms with Crippen molar-refractivity contribution in [3.8, 4) is 11.5 Å². The highest BCUT2D eigenvalue weighted by molar-refractivity contribution is 9.11. The number of hydrogen-bond acceptors (Lipinski definition) is 3. The minimum atomic E-state index is -0.306. The number of amides is 1. The van der Waals surface area contributed by atoms with Crippen molar-refractivity contribution in [2.75, 3.05) is 11.9 Å². The van der Waals surface area contributed by atoms with Gasteiger partial charge in [-0.15, -0.1) is 0 Å². The monoisotopic (exact) mass is 461 g/mol. The molecule has 23 heavy (non-hydrogen) atoms. The molecule has 2 N–H and O–H groups in total. The van der Waals surface area contributed by atoms with Gasteiger partial charge in [0.05, 0.1) is 8.95 Å². The van der Waals surface area contributed by atoms with Gasteiger partial charge in [0.25, 0.3) is 5.91 Å². The van der Waals surface area contributed by atoms with E-state index in [2.05, 4.69) is 37.2 Å². The fourth-order valence-electron chi connectivity index (χ4n) is 1.97. The molecule has 0 saturated carbocycles. The zero-order valence-corrected chi connectivity index (χ0v) is 16.3. The third-order valence-electron chi connectivity index (χ3n) is 3.08. The lowest BCUT2D eigenvalue weighted by Crippen LogP contribution is -2.20. The normalized spacial score (nSPS) is 10.5. The van der Waals surface area contributed by atoms with Crippen molar-refractivity contribution < 1.29 is 14.6 Å². The summed E-state index contributed by atoms with van der Waals surface area (Å²) >= 11 is 12.5. The maximum atomic E-state index is 12.0. The topological polar surface area (TPSA) is 58.6 Å². The molecule has 0 saturated heterocycles. The van der Waals surface area contributed by atoms with Gasteiger partial charge < -0.3 is 15.2 Å². The van der Waals surface area contributed by atoms with E-state index < -0.39 is 0 Å². The van der Waals surface area contributed by atoms with Gasteiger partial charge >= 0.3 is 0 Å². The van der Waals surface area contributed by atoms with Crippen LogP contribution in [0.5, 0.6) is 11.5 Å². The van der Waals surface area contributed by atoms with E-state index in [1.807, 2.05) is 13.8 Å². The van der Waals surface area contributed by atoms with E-state index in [-0.39, 0.29) is 18.3 Å². The molecule has 0 aromatic heterocycles. The maximum absolute atomic E-state index is 12.0. The van der Waals surface area contributed by atoms with Gasteiger partial charge in [-0.3, -0.25) is 4.79 Å². The van der Waals surface area contributed by atoms with Crippen LogP contribution in [-0.4, -0.2) is 17.6 Å². The van der Waals surface area contributed by atoms with Gasteiger partial charge in [-0.05, 0) is 81.1 Å². The number of nitrogens with one attached hydrogen (secondary N) is 1. The fourth-order valence-corrected chi connectivity index (χ4v) is 3.27. The molecule has 0 spiro atoms. The predicted octanol–water partition coefficient (Wildman–Crippen LogP) is 5.20. The van der Waals surface area contributed by atoms with E-state index in [9.17, 15) is 9.90 Å². The molecule has 0 heterocycles. The van der Waals surface area contributed by atoms with Crippen LogP contribution in [0.4, 0.5) is 5.69 Å². The number of hydrogen-bond donors (Lipinski definition) is 2. The van der Waals surface area contributed by atoms with E-state index in [1.165, 1.54) is 0 Å². The minimum Gasteiger partial charge on any atom is -0.506 e. The zero-order chi connectivity index (χ0) is 17.1. The Morgan fingerprint density at radius 3 is 2.22 bits per heavy atom. The quantitative estimate of drug-likeness (QED) is 0.613. The first-order valence-electron chi connectivity index (χ1n) is 6.65. The lowest BCUT2D eigenvalue weighted by molar-refractivity contribution is -0.118. The summed E-state index contributed by atoms with van der Waals surface area (Å²) in [6.45, 7) is 3.64. The minimum absolute atomic E-state index is 0.0753. The molecular weight excluding hydrogens is 449 g/mol. The standard InChI is InChI=1S/C16H14Br2ClNO3/c1-8-3-11(4-9(2)15(8)19)23-7-14(21)20-10-5-12(17)16(22)13(18)6-10/h3-6,22H,7H2,1-2H3,(H,20,21). The average molecular weight is 464 g/mol. The Morgan fingerprint density at radius 1 is 1.17 bits per heavy atom. The number of ether oxygens (including phenoxy) is 1. The van der Waals surface area contributed by atoms with Crippen molar-refractivity contribution in [2.24, 2.45) is 0 Å². The lowest BCUT2D eigenvalue weighted by atomic mass is 10.1. The van der Waals surface area contributed by atoms with E-state index in [0.29, 0.717) is 25.4 Å². The van der Waals surface area contributed by atoms with Crippen LogP contribution in [0, 0.1) is 13.8 Å². The Morgan fingerprint density at radius 2 is 1.70 bits per heavy atom. The molecule has 0 aliphatic heterocycles. The highest BCUT2D eigenvalue weighted by Crippen LogP contribution is 2.35. The van der Waals surface area contributed by atoms with E-state index in [4.69, 9.17) is 16.3 Å². The first-order chi connectivity index (χ1) is 10.8. The highest BCUT2D eigenvalue weighted by Gasteiger charge is 2.10. The highest BCUT2D eigenvalue weighted by atomic mass is 79.9. The SMILES string of the molecule is Cc1cc(OCC(=O)Nc2cc(Br)c(O)c(Br)c2)cc(C)c1Cl. The number of phenolic OH excluding ortho intramolecular Hbond substituents is 1. The fraction of sp³-hybridized carbons (Fsp3) is 0.188. The van der Waals surface area contributed by atoms with E-state index in [1.54, 1.807) is 24.3 Å². The Balaban J connectivity index is 2.01. The summed E-state index contributed by atoms with van der Waals surface area (Å²) < 4.78 is 6.45. The van der Waals surface area contributed by atoms with Crippen molar-refractivity contribution in [1.29, 1.82) is 0 Å². The first kappa shape index (κ1) is 18.1. The van der Waals surface area contributed by atoms with Gasteiger partial charge in [0.15, 0.2) is 6.61 Å². The number of carbonyl (C=O) groups excluding carboxylic acids is 1. The molecule has 0 radical (unpaired) electrons. The molecule has 2 aromatic rings. The second-order valence-corrected chi connectivity index (χ2v) is 7.08. The molecule has 4 nitrogen and oxygen atoms in total. The second kappa shape index (κ2) is 7.55. The van der Waals surface area contributed by atoms with Crippen LogP contribution in [-0.2, 0) is 4.79 Å². The Kier molecular flexibility index (Phi) is 5.95. The molecule has 0 aliphatic carbocycles. The largest absolute Gasteiger partial charge is 0.506 e. The summed E-state index contributed by atoms with van der Waals surface area (Å²) in [4.78, 5) is 12.0. The summed E-state index contributed by atoms with van der Waals surface area (Å²) in [6, 6.07) is 6.79. The summed E-state index contributed by atoms with van der Waals surface area (Å²) in [7, 11) is 0. The molecule has 1 amide bonds. The first-order valence-corrected chi connectivity index (χ1v) is 8.61. The molecule has 2 rings (SSSR count). The molecule has 0 unspecified atom stereocenters. The summed E-state index contributed by atoms with van der Waals surface area (Å²) in [6.07, 6.45) is 0. The predicted molar refractivity (Wildman–Crippen MR) is 98.6 cm³/mol. The zero-order valence-electron chi connectivity index (χ0n) is 12.4. The number of halogens is 3. The van der Waals surface area contributed by atoms with Crippen LogP contribution in [0.3, 0.4) is 0 Å². The van der Waals surface area contributed by atoms with Crippen molar-refractivity contribution in [3.63, 3.8) is 0 Å². The molecule has 2 aromatic carbocycles. The number of carbonyl (C=O) groups is 1. The number of aromatic hydroxyl groups is 1. The van der Waals surface area contributed by atoms with Gasteiger partial charge in [0.1, 0.15) is 11.5 Å². The van der Waals surface area contributed by atoms with Gasteiger partial charge in [-0.1, -0.05) is 11.6 Å². The second-order valence-electron chi connectivity index (χ2n) is 5.00. The van der Waals surface area contributed by atoms with Crippen molar-refractivity contribution >= 4 is 55.1 Å². The molecule has 0 fully saturated rings. The molecule has 0 bridgehead atoms. The molecule has 0 aliphatic rings. The van der Waals surface area contributed by atoms with Crippen molar-refractivity contribution in [2.45, 2.75) is 13.8 Å². The molecule has 7 heteroatoms.